The molecule has 7 nitrogen and oxygen atoms in total. The van der Waals surface area contributed by atoms with Crippen LogP contribution in [0.15, 0.2) is 0 Å². The highest BCUT2D eigenvalue weighted by atomic mass is 32.2. The number of nitrogens with zero attached hydrogens (tertiary/aromatic N) is 2. The predicted molar refractivity (Wildman–Crippen MR) is 77.1 cm³/mol. The molecular weight excluding hydrogens is 290 g/mol. The van der Waals surface area contributed by atoms with Gasteiger partial charge >= 0.3 is 0 Å². The molecule has 0 atom stereocenters. The molecule has 0 aliphatic rings. The van der Waals surface area contributed by atoms with Crippen LogP contribution in [0.4, 0.5) is 0 Å². The smallest absolute Gasteiger partial charge is 0.211 e. The molecule has 0 bridgehead atoms. The minimum atomic E-state index is -3.31. The molecule has 116 valence electrons. The van der Waals surface area contributed by atoms with Gasteiger partial charge in [-0.25, -0.2) is 25.9 Å². The average molecular weight is 315 g/mol. The van der Waals surface area contributed by atoms with Gasteiger partial charge in [0.25, 0.3) is 0 Å². The van der Waals surface area contributed by atoms with Crippen molar-refractivity contribution in [3.8, 4) is 0 Å². The van der Waals surface area contributed by atoms with Crippen molar-refractivity contribution in [2.24, 2.45) is 0 Å². The van der Waals surface area contributed by atoms with Gasteiger partial charge in [-0.3, -0.25) is 0 Å². The summed E-state index contributed by atoms with van der Waals surface area (Å²) in [6, 6.07) is 0. The SMILES string of the molecule is CCS(=O)(=O)NCCN(CCCN(C)C)S(C)(=O)=O. The molecule has 0 fully saturated rings. The summed E-state index contributed by atoms with van der Waals surface area (Å²) in [5.74, 6) is -0.00744. The molecule has 9 heteroatoms. The highest BCUT2D eigenvalue weighted by Crippen LogP contribution is 2.00. The molecule has 0 heterocycles. The second-order valence-corrected chi connectivity index (χ2v) is 8.69. The number of nitrogens with one attached hydrogen (secondary N) is 1. The molecule has 0 saturated heterocycles. The molecule has 0 aromatic carbocycles. The quantitative estimate of drug-likeness (QED) is 0.567. The van der Waals surface area contributed by atoms with E-state index in [0.717, 1.165) is 12.8 Å². The Morgan fingerprint density at radius 1 is 1.00 bits per heavy atom. The molecule has 0 unspecified atom stereocenters. The molecule has 19 heavy (non-hydrogen) atoms. The van der Waals surface area contributed by atoms with E-state index in [4.69, 9.17) is 0 Å². The van der Waals surface area contributed by atoms with Crippen LogP contribution in [0, 0.1) is 0 Å². The van der Waals surface area contributed by atoms with Crippen molar-refractivity contribution >= 4 is 20.0 Å². The monoisotopic (exact) mass is 315 g/mol. The van der Waals surface area contributed by atoms with Crippen LogP contribution in [0.2, 0.25) is 0 Å². The molecule has 0 aromatic heterocycles. The normalized spacial score (nSPS) is 13.4. The molecule has 0 spiro atoms. The molecule has 0 aromatic rings. The predicted octanol–water partition coefficient (Wildman–Crippen LogP) is -0.861. The lowest BCUT2D eigenvalue weighted by Crippen LogP contribution is -2.39. The van der Waals surface area contributed by atoms with Crippen molar-refractivity contribution in [2.45, 2.75) is 13.3 Å². The van der Waals surface area contributed by atoms with E-state index in [1.165, 1.54) is 11.2 Å². The molecule has 0 amide bonds. The maximum absolute atomic E-state index is 11.6. The van der Waals surface area contributed by atoms with Gasteiger partial charge < -0.3 is 4.90 Å². The van der Waals surface area contributed by atoms with Gasteiger partial charge in [0.15, 0.2) is 0 Å². The number of rotatable bonds is 10. The largest absolute Gasteiger partial charge is 0.309 e. The van der Waals surface area contributed by atoms with Gasteiger partial charge in [-0.2, -0.15) is 0 Å². The Labute approximate surface area is 117 Å². The lowest BCUT2D eigenvalue weighted by molar-refractivity contribution is 0.352. The van der Waals surface area contributed by atoms with Crippen molar-refractivity contribution in [3.63, 3.8) is 0 Å². The van der Waals surface area contributed by atoms with Crippen LogP contribution in [-0.4, -0.2) is 78.3 Å². The molecule has 0 radical (unpaired) electrons. The second kappa shape index (κ2) is 8.15. The van der Waals surface area contributed by atoms with E-state index >= 15 is 0 Å². The fraction of sp³-hybridized carbons (Fsp3) is 1.00. The Kier molecular flexibility index (Phi) is 8.06. The van der Waals surface area contributed by atoms with E-state index < -0.39 is 20.0 Å². The Hall–Kier alpha value is -0.220. The van der Waals surface area contributed by atoms with Crippen molar-refractivity contribution < 1.29 is 16.8 Å². The van der Waals surface area contributed by atoms with Gasteiger partial charge in [0.2, 0.25) is 20.0 Å². The molecule has 1 N–H and O–H groups in total. The zero-order chi connectivity index (χ0) is 15.1. The van der Waals surface area contributed by atoms with E-state index in [9.17, 15) is 16.8 Å². The fourth-order valence-electron chi connectivity index (χ4n) is 1.43. The molecular formula is C10H25N3O4S2. The van der Waals surface area contributed by atoms with Crippen molar-refractivity contribution in [3.05, 3.63) is 0 Å². The van der Waals surface area contributed by atoms with Crippen LogP contribution in [0.1, 0.15) is 13.3 Å². The summed E-state index contributed by atoms with van der Waals surface area (Å²) in [4.78, 5) is 1.97. The summed E-state index contributed by atoms with van der Waals surface area (Å²) in [5, 5.41) is 0. The van der Waals surface area contributed by atoms with Crippen LogP contribution < -0.4 is 4.72 Å². The highest BCUT2D eigenvalue weighted by Gasteiger charge is 2.16. The topological polar surface area (TPSA) is 86.8 Å². The minimum absolute atomic E-state index is 0.00744. The average Bonchev–Trinajstić information content (AvgIpc) is 2.25. The summed E-state index contributed by atoms with van der Waals surface area (Å²) in [7, 11) is -2.75. The lowest BCUT2D eigenvalue weighted by atomic mass is 10.4. The molecule has 0 saturated carbocycles. The maximum atomic E-state index is 11.6. The third kappa shape index (κ3) is 9.33. The number of hydrogen-bond acceptors (Lipinski definition) is 5. The Morgan fingerprint density at radius 2 is 1.58 bits per heavy atom. The van der Waals surface area contributed by atoms with Crippen molar-refractivity contribution in [1.82, 2.24) is 13.9 Å². The fourth-order valence-corrected chi connectivity index (χ4v) is 2.92. The standard InChI is InChI=1S/C10H25N3O4S2/c1-5-19(16,17)11-7-10-13(18(4,14)15)9-6-8-12(2)3/h11H,5-10H2,1-4H3. The lowest BCUT2D eigenvalue weighted by Gasteiger charge is -2.21. The summed E-state index contributed by atoms with van der Waals surface area (Å²) in [6.45, 7) is 2.97. The summed E-state index contributed by atoms with van der Waals surface area (Å²) in [5.41, 5.74) is 0. The van der Waals surface area contributed by atoms with Gasteiger partial charge in [-0.15, -0.1) is 0 Å². The van der Waals surface area contributed by atoms with Gasteiger partial charge in [0.05, 0.1) is 12.0 Å². The van der Waals surface area contributed by atoms with Gasteiger partial charge in [-0.05, 0) is 34.0 Å². The third-order valence-corrected chi connectivity index (χ3v) is 5.25. The van der Waals surface area contributed by atoms with Gasteiger partial charge in [0, 0.05) is 19.6 Å². The van der Waals surface area contributed by atoms with E-state index in [-0.39, 0.29) is 18.8 Å². The van der Waals surface area contributed by atoms with E-state index in [2.05, 4.69) is 4.72 Å². The minimum Gasteiger partial charge on any atom is -0.309 e. The molecule has 0 aliphatic carbocycles. The Morgan fingerprint density at radius 3 is 2.00 bits per heavy atom. The zero-order valence-corrected chi connectivity index (χ0v) is 13.7. The van der Waals surface area contributed by atoms with Gasteiger partial charge in [0.1, 0.15) is 0 Å². The first kappa shape index (κ1) is 18.8. The molecule has 0 rings (SSSR count). The highest BCUT2D eigenvalue weighted by molar-refractivity contribution is 7.89. The van der Waals surface area contributed by atoms with Crippen LogP contribution in [0.25, 0.3) is 0 Å². The first-order valence-corrected chi connectivity index (χ1v) is 9.65. The van der Waals surface area contributed by atoms with Crippen molar-refractivity contribution in [2.75, 3.05) is 52.3 Å². The first-order chi connectivity index (χ1) is 8.58. The molecule has 0 aliphatic heterocycles. The number of hydrogen-bond donors (Lipinski definition) is 1. The second-order valence-electron chi connectivity index (χ2n) is 4.62. The van der Waals surface area contributed by atoms with Crippen LogP contribution in [-0.2, 0) is 20.0 Å². The van der Waals surface area contributed by atoms with Crippen LogP contribution in [0.5, 0.6) is 0 Å². The summed E-state index contributed by atoms with van der Waals surface area (Å²) >= 11 is 0. The Bertz CT molecular complexity index is 445. The Balaban J connectivity index is 4.31. The van der Waals surface area contributed by atoms with E-state index in [1.54, 1.807) is 0 Å². The maximum Gasteiger partial charge on any atom is 0.211 e. The first-order valence-electron chi connectivity index (χ1n) is 6.15. The zero-order valence-electron chi connectivity index (χ0n) is 12.1. The van der Waals surface area contributed by atoms with Gasteiger partial charge in [-0.1, -0.05) is 0 Å². The van der Waals surface area contributed by atoms with E-state index in [0.29, 0.717) is 13.0 Å². The summed E-state index contributed by atoms with van der Waals surface area (Å²) in [6.07, 6.45) is 1.84. The number of sulfonamides is 2. The third-order valence-electron chi connectivity index (χ3n) is 2.55. The van der Waals surface area contributed by atoms with Crippen LogP contribution in [0.3, 0.4) is 0 Å². The summed E-state index contributed by atoms with van der Waals surface area (Å²) < 4.78 is 49.3. The van der Waals surface area contributed by atoms with Crippen molar-refractivity contribution in [1.29, 1.82) is 0 Å². The van der Waals surface area contributed by atoms with Crippen LogP contribution >= 0.6 is 0 Å². The van der Waals surface area contributed by atoms with E-state index in [1.807, 2.05) is 19.0 Å².